The lowest BCUT2D eigenvalue weighted by Crippen LogP contribution is -2.30. The smallest absolute Gasteiger partial charge is 0.251 e. The van der Waals surface area contributed by atoms with Gasteiger partial charge in [-0.15, -0.1) is 0 Å². The number of ether oxygens (including phenoxy) is 1. The highest BCUT2D eigenvalue weighted by Gasteiger charge is 2.39. The van der Waals surface area contributed by atoms with E-state index in [1.165, 1.54) is 21.9 Å². The Hall–Kier alpha value is -3.27. The van der Waals surface area contributed by atoms with E-state index >= 15 is 0 Å². The van der Waals surface area contributed by atoms with E-state index in [1.807, 2.05) is 6.07 Å². The lowest BCUT2D eigenvalue weighted by atomic mass is 9.75. The van der Waals surface area contributed by atoms with Crippen molar-refractivity contribution < 1.29 is 9.53 Å². The van der Waals surface area contributed by atoms with Crippen LogP contribution >= 0.6 is 0 Å². The van der Waals surface area contributed by atoms with Crippen molar-refractivity contribution in [2.24, 2.45) is 5.92 Å². The van der Waals surface area contributed by atoms with Gasteiger partial charge in [-0.1, -0.05) is 55.8 Å². The second-order valence-corrected chi connectivity index (χ2v) is 8.79. The number of nitrogens with one attached hydrogen (secondary N) is 2. The van der Waals surface area contributed by atoms with Crippen molar-refractivity contribution in [1.29, 1.82) is 0 Å². The van der Waals surface area contributed by atoms with Crippen molar-refractivity contribution in [3.63, 3.8) is 0 Å². The minimum atomic E-state index is 0.0117. The van der Waals surface area contributed by atoms with Crippen molar-refractivity contribution >= 4 is 22.4 Å². The maximum absolute atomic E-state index is 12.6. The van der Waals surface area contributed by atoms with Gasteiger partial charge in [-0.05, 0) is 59.4 Å². The molecule has 1 aliphatic carbocycles. The standard InChI is InChI=1S/C28H30N2O2/c1-3-4-16-29-28(31)19-12-14-24-23(17-19)21-10-7-11-22(21)27(30-24)26-20-9-6-5-8-18(20)13-15-25(26)32-2/h5-10,12-15,17,21-22,27,30H,3-4,11,16H2,1-2H3,(H,29,31). The molecule has 0 spiro atoms. The molecule has 1 amide bonds. The third kappa shape index (κ3) is 3.54. The summed E-state index contributed by atoms with van der Waals surface area (Å²) in [5.41, 5.74) is 4.27. The number of carbonyl (C=O) groups is 1. The Morgan fingerprint density at radius 3 is 2.88 bits per heavy atom. The summed E-state index contributed by atoms with van der Waals surface area (Å²) in [7, 11) is 1.75. The molecule has 164 valence electrons. The first-order valence-electron chi connectivity index (χ1n) is 11.6. The van der Waals surface area contributed by atoms with Crippen molar-refractivity contribution in [3.8, 4) is 5.75 Å². The lowest BCUT2D eigenvalue weighted by molar-refractivity contribution is 0.0953. The highest BCUT2D eigenvalue weighted by atomic mass is 16.5. The second kappa shape index (κ2) is 8.70. The molecule has 32 heavy (non-hydrogen) atoms. The van der Waals surface area contributed by atoms with Crippen LogP contribution < -0.4 is 15.4 Å². The van der Waals surface area contributed by atoms with E-state index in [-0.39, 0.29) is 17.9 Å². The molecule has 3 aromatic rings. The van der Waals surface area contributed by atoms with Crippen molar-refractivity contribution in [2.75, 3.05) is 19.0 Å². The molecule has 4 nitrogen and oxygen atoms in total. The fourth-order valence-electron chi connectivity index (χ4n) is 5.28. The zero-order valence-corrected chi connectivity index (χ0v) is 18.7. The number of hydrogen-bond acceptors (Lipinski definition) is 3. The average molecular weight is 427 g/mol. The van der Waals surface area contributed by atoms with Gasteiger partial charge < -0.3 is 15.4 Å². The van der Waals surface area contributed by atoms with Crippen LogP contribution in [0.4, 0.5) is 5.69 Å². The van der Waals surface area contributed by atoms with Gasteiger partial charge in [-0.25, -0.2) is 0 Å². The largest absolute Gasteiger partial charge is 0.496 e. The highest BCUT2D eigenvalue weighted by Crippen LogP contribution is 2.52. The Labute approximate surface area is 189 Å². The number of amides is 1. The Bertz CT molecular complexity index is 1180. The summed E-state index contributed by atoms with van der Waals surface area (Å²) < 4.78 is 5.83. The quantitative estimate of drug-likeness (QED) is 0.364. The van der Waals surface area contributed by atoms with Crippen LogP contribution in [0.1, 0.15) is 59.6 Å². The van der Waals surface area contributed by atoms with Crippen LogP contribution in [-0.2, 0) is 0 Å². The van der Waals surface area contributed by atoms with E-state index in [2.05, 4.69) is 78.2 Å². The van der Waals surface area contributed by atoms with E-state index in [1.54, 1.807) is 7.11 Å². The van der Waals surface area contributed by atoms with Crippen LogP contribution in [0.15, 0.2) is 66.7 Å². The molecule has 2 N–H and O–H groups in total. The van der Waals surface area contributed by atoms with Gasteiger partial charge in [-0.2, -0.15) is 0 Å². The molecule has 0 aromatic heterocycles. The number of carbonyl (C=O) groups excluding carboxylic acids is 1. The zero-order valence-electron chi connectivity index (χ0n) is 18.7. The van der Waals surface area contributed by atoms with Crippen LogP contribution in [0.2, 0.25) is 0 Å². The number of methoxy groups -OCH3 is 1. The SMILES string of the molecule is CCCCNC(=O)c1ccc2c(c1)C1C=CCC1C(c1c(OC)ccc3ccccc13)N2. The van der Waals surface area contributed by atoms with Crippen LogP contribution in [-0.4, -0.2) is 19.6 Å². The number of fused-ring (bicyclic) bond motifs is 4. The zero-order chi connectivity index (χ0) is 22.1. The van der Waals surface area contributed by atoms with Gasteiger partial charge >= 0.3 is 0 Å². The summed E-state index contributed by atoms with van der Waals surface area (Å²) in [5.74, 6) is 1.59. The molecule has 0 saturated heterocycles. The monoisotopic (exact) mass is 426 g/mol. The van der Waals surface area contributed by atoms with E-state index in [4.69, 9.17) is 4.74 Å². The summed E-state index contributed by atoms with van der Waals surface area (Å²) >= 11 is 0. The Morgan fingerprint density at radius 2 is 2.03 bits per heavy atom. The minimum Gasteiger partial charge on any atom is -0.496 e. The highest BCUT2D eigenvalue weighted by molar-refractivity contribution is 5.95. The van der Waals surface area contributed by atoms with E-state index in [0.717, 1.165) is 42.8 Å². The van der Waals surface area contributed by atoms with Crippen molar-refractivity contribution in [3.05, 3.63) is 83.4 Å². The number of unbranched alkanes of at least 4 members (excludes halogenated alkanes) is 1. The molecule has 4 heteroatoms. The summed E-state index contributed by atoms with van der Waals surface area (Å²) in [6, 6.07) is 18.9. The van der Waals surface area contributed by atoms with Gasteiger partial charge in [0.2, 0.25) is 0 Å². The van der Waals surface area contributed by atoms with Gasteiger partial charge in [0.25, 0.3) is 5.91 Å². The fraction of sp³-hybridized carbons (Fsp3) is 0.321. The number of benzene rings is 3. The number of rotatable bonds is 6. The first-order chi connectivity index (χ1) is 15.7. The molecular formula is C28H30N2O2. The number of allylic oxidation sites excluding steroid dienone is 2. The predicted molar refractivity (Wildman–Crippen MR) is 131 cm³/mol. The molecule has 0 fully saturated rings. The number of hydrogen-bond donors (Lipinski definition) is 2. The molecule has 3 atom stereocenters. The second-order valence-electron chi connectivity index (χ2n) is 8.79. The van der Waals surface area contributed by atoms with Crippen LogP contribution in [0.5, 0.6) is 5.75 Å². The summed E-state index contributed by atoms with van der Waals surface area (Å²) in [5, 5.41) is 9.31. The van der Waals surface area contributed by atoms with Gasteiger partial charge in [0.05, 0.1) is 13.2 Å². The first-order valence-corrected chi connectivity index (χ1v) is 11.6. The van der Waals surface area contributed by atoms with E-state index in [9.17, 15) is 4.79 Å². The third-order valence-corrected chi connectivity index (χ3v) is 6.90. The van der Waals surface area contributed by atoms with E-state index < -0.39 is 0 Å². The topological polar surface area (TPSA) is 50.4 Å². The average Bonchev–Trinajstić information content (AvgIpc) is 3.33. The van der Waals surface area contributed by atoms with Gasteiger partial charge in [0, 0.05) is 29.3 Å². The van der Waals surface area contributed by atoms with Gasteiger partial charge in [0.1, 0.15) is 5.75 Å². The Kier molecular flexibility index (Phi) is 5.60. The van der Waals surface area contributed by atoms with Crippen molar-refractivity contribution in [1.82, 2.24) is 5.32 Å². The molecule has 0 saturated carbocycles. The summed E-state index contributed by atoms with van der Waals surface area (Å²) in [4.78, 5) is 12.6. The molecule has 1 aliphatic heterocycles. The Morgan fingerprint density at radius 1 is 1.16 bits per heavy atom. The van der Waals surface area contributed by atoms with Gasteiger partial charge in [-0.3, -0.25) is 4.79 Å². The third-order valence-electron chi connectivity index (χ3n) is 6.90. The summed E-state index contributed by atoms with van der Waals surface area (Å²) in [6.07, 6.45) is 7.67. The van der Waals surface area contributed by atoms with Crippen LogP contribution in [0, 0.1) is 5.92 Å². The normalized spacial score (nSPS) is 21.0. The maximum Gasteiger partial charge on any atom is 0.251 e. The molecular weight excluding hydrogens is 396 g/mol. The Balaban J connectivity index is 1.54. The van der Waals surface area contributed by atoms with E-state index in [0.29, 0.717) is 5.92 Å². The number of anilines is 1. The molecule has 0 bridgehead atoms. The minimum absolute atomic E-state index is 0.0117. The fourth-order valence-corrected chi connectivity index (χ4v) is 5.28. The first kappa shape index (κ1) is 20.6. The molecule has 2 aliphatic rings. The van der Waals surface area contributed by atoms with Gasteiger partial charge in [0.15, 0.2) is 0 Å². The molecule has 3 aromatic carbocycles. The van der Waals surface area contributed by atoms with Crippen LogP contribution in [0.3, 0.4) is 0 Å². The molecule has 5 rings (SSSR count). The maximum atomic E-state index is 12.6. The molecule has 1 heterocycles. The van der Waals surface area contributed by atoms with Crippen molar-refractivity contribution in [2.45, 2.75) is 38.1 Å². The summed E-state index contributed by atoms with van der Waals surface area (Å²) in [6.45, 7) is 2.85. The molecule has 0 radical (unpaired) electrons. The lowest BCUT2D eigenvalue weighted by Gasteiger charge is -2.38. The molecule has 3 unspecified atom stereocenters. The predicted octanol–water partition coefficient (Wildman–Crippen LogP) is 6.20. The van der Waals surface area contributed by atoms with Crippen LogP contribution in [0.25, 0.3) is 10.8 Å².